The molecule has 1 saturated heterocycles. The molecule has 1 aliphatic rings. The van der Waals surface area contributed by atoms with Crippen LogP contribution in [0.3, 0.4) is 0 Å². The maximum absolute atomic E-state index is 4.79. The minimum Gasteiger partial charge on any atom is -0.349 e. The third-order valence-electron chi connectivity index (χ3n) is 4.22. The molecule has 9 nitrogen and oxygen atoms in total. The summed E-state index contributed by atoms with van der Waals surface area (Å²) in [5, 5.41) is 7.81. The van der Waals surface area contributed by atoms with Gasteiger partial charge in [-0.15, -0.1) is 0 Å². The van der Waals surface area contributed by atoms with Gasteiger partial charge in [0.1, 0.15) is 11.2 Å². The van der Waals surface area contributed by atoms with Crippen LogP contribution in [0.5, 0.6) is 0 Å². The Morgan fingerprint density at radius 1 is 0.957 bits per heavy atom. The molecule has 1 aliphatic heterocycles. The maximum Gasteiger partial charge on any atom is 0.227 e. The summed E-state index contributed by atoms with van der Waals surface area (Å²) in [5.74, 6) is 1.56. The van der Waals surface area contributed by atoms with Crippen molar-refractivity contribution in [3.63, 3.8) is 0 Å². The number of nitrogens with zero attached hydrogens (tertiary/aromatic N) is 8. The number of aromatic nitrogens is 6. The Hall–Kier alpha value is -2.71. The number of hydrogen-bond acceptors (Lipinski definition) is 8. The van der Waals surface area contributed by atoms with Gasteiger partial charge in [0, 0.05) is 33.2 Å². The van der Waals surface area contributed by atoms with Gasteiger partial charge in [-0.2, -0.15) is 4.98 Å². The van der Waals surface area contributed by atoms with E-state index in [2.05, 4.69) is 35.1 Å². The molecule has 120 valence electrons. The van der Waals surface area contributed by atoms with Crippen molar-refractivity contribution in [3.8, 4) is 0 Å². The van der Waals surface area contributed by atoms with Gasteiger partial charge in [0.15, 0.2) is 11.5 Å². The Balaban J connectivity index is 1.55. The minimum atomic E-state index is 0.739. The van der Waals surface area contributed by atoms with Crippen molar-refractivity contribution < 1.29 is 4.63 Å². The number of piperazine rings is 1. The van der Waals surface area contributed by atoms with Gasteiger partial charge in [-0.25, -0.2) is 14.6 Å². The summed E-state index contributed by atoms with van der Waals surface area (Å²) in [6, 6.07) is 0. The Labute approximate surface area is 132 Å². The number of fused-ring (bicyclic) bond motifs is 1. The lowest BCUT2D eigenvalue weighted by atomic mass is 10.3. The van der Waals surface area contributed by atoms with Crippen molar-refractivity contribution in [1.82, 2.24) is 29.8 Å². The van der Waals surface area contributed by atoms with Crippen LogP contribution in [0.4, 0.5) is 11.8 Å². The van der Waals surface area contributed by atoms with Crippen molar-refractivity contribution in [2.45, 2.75) is 13.8 Å². The predicted molar refractivity (Wildman–Crippen MR) is 84.5 cm³/mol. The predicted octanol–water partition coefficient (Wildman–Crippen LogP) is 0.690. The standard InChI is InChI=1S/C14H18N8O/c1-9-11-12(15-8-20(11)3)17-14(16-9)22-6-4-21(5-7-22)13-10(2)18-23-19-13/h8H,4-7H2,1-3H3. The van der Waals surface area contributed by atoms with Gasteiger partial charge < -0.3 is 14.4 Å². The summed E-state index contributed by atoms with van der Waals surface area (Å²) >= 11 is 0. The van der Waals surface area contributed by atoms with Crippen LogP contribution in [0, 0.1) is 13.8 Å². The summed E-state index contributed by atoms with van der Waals surface area (Å²) in [6.07, 6.45) is 1.77. The fourth-order valence-corrected chi connectivity index (χ4v) is 3.01. The van der Waals surface area contributed by atoms with E-state index in [0.717, 1.165) is 60.5 Å². The molecule has 0 amide bonds. The van der Waals surface area contributed by atoms with Gasteiger partial charge >= 0.3 is 0 Å². The molecule has 1 fully saturated rings. The molecular weight excluding hydrogens is 296 g/mol. The average Bonchev–Trinajstić information content (AvgIpc) is 3.14. The summed E-state index contributed by atoms with van der Waals surface area (Å²) < 4.78 is 6.74. The van der Waals surface area contributed by atoms with Crippen LogP contribution in [-0.2, 0) is 7.05 Å². The lowest BCUT2D eigenvalue weighted by Gasteiger charge is -2.34. The van der Waals surface area contributed by atoms with Gasteiger partial charge in [0.2, 0.25) is 5.95 Å². The van der Waals surface area contributed by atoms with Crippen LogP contribution in [0.15, 0.2) is 11.0 Å². The van der Waals surface area contributed by atoms with Gasteiger partial charge in [-0.3, -0.25) is 0 Å². The van der Waals surface area contributed by atoms with Crippen molar-refractivity contribution in [2.75, 3.05) is 36.0 Å². The van der Waals surface area contributed by atoms with Crippen molar-refractivity contribution in [2.24, 2.45) is 7.05 Å². The molecule has 9 heteroatoms. The molecule has 4 heterocycles. The normalized spacial score (nSPS) is 15.6. The topological polar surface area (TPSA) is 89.0 Å². The smallest absolute Gasteiger partial charge is 0.227 e. The van der Waals surface area contributed by atoms with Gasteiger partial charge in [-0.1, -0.05) is 5.16 Å². The number of aryl methyl sites for hydroxylation is 3. The largest absolute Gasteiger partial charge is 0.349 e. The maximum atomic E-state index is 4.79. The lowest BCUT2D eigenvalue weighted by Crippen LogP contribution is -2.47. The average molecular weight is 314 g/mol. The van der Waals surface area contributed by atoms with Crippen LogP contribution in [0.2, 0.25) is 0 Å². The quantitative estimate of drug-likeness (QED) is 0.682. The van der Waals surface area contributed by atoms with Crippen LogP contribution < -0.4 is 9.80 Å². The zero-order valence-corrected chi connectivity index (χ0v) is 13.4. The first-order valence-corrected chi connectivity index (χ1v) is 7.58. The van der Waals surface area contributed by atoms with E-state index in [4.69, 9.17) is 4.63 Å². The highest BCUT2D eigenvalue weighted by Gasteiger charge is 2.23. The van der Waals surface area contributed by atoms with Gasteiger partial charge in [0.05, 0.1) is 12.0 Å². The van der Waals surface area contributed by atoms with E-state index in [1.807, 2.05) is 25.5 Å². The van der Waals surface area contributed by atoms with E-state index in [1.165, 1.54) is 0 Å². The SMILES string of the molecule is Cc1nonc1N1CCN(c2nc(C)c3c(ncn3C)n2)CC1. The summed E-state index contributed by atoms with van der Waals surface area (Å²) in [5.41, 5.74) is 3.50. The zero-order chi connectivity index (χ0) is 16.0. The Bertz CT molecular complexity index is 846. The van der Waals surface area contributed by atoms with Gasteiger partial charge in [0.25, 0.3) is 0 Å². The highest BCUT2D eigenvalue weighted by atomic mass is 16.6. The van der Waals surface area contributed by atoms with Crippen molar-refractivity contribution in [3.05, 3.63) is 17.7 Å². The fraction of sp³-hybridized carbons (Fsp3) is 0.500. The van der Waals surface area contributed by atoms with E-state index in [9.17, 15) is 0 Å². The van der Waals surface area contributed by atoms with Crippen LogP contribution in [-0.4, -0.2) is 56.0 Å². The Morgan fingerprint density at radius 3 is 2.39 bits per heavy atom. The molecule has 0 bridgehead atoms. The molecule has 0 saturated carbocycles. The van der Waals surface area contributed by atoms with E-state index < -0.39 is 0 Å². The van der Waals surface area contributed by atoms with E-state index >= 15 is 0 Å². The Morgan fingerprint density at radius 2 is 1.70 bits per heavy atom. The van der Waals surface area contributed by atoms with E-state index in [-0.39, 0.29) is 0 Å². The molecule has 23 heavy (non-hydrogen) atoms. The monoisotopic (exact) mass is 314 g/mol. The third kappa shape index (κ3) is 2.28. The molecule has 3 aromatic rings. The van der Waals surface area contributed by atoms with Crippen LogP contribution in [0.1, 0.15) is 11.4 Å². The molecule has 0 unspecified atom stereocenters. The van der Waals surface area contributed by atoms with E-state index in [1.54, 1.807) is 6.33 Å². The zero-order valence-electron chi connectivity index (χ0n) is 13.4. The molecule has 0 atom stereocenters. The fourth-order valence-electron chi connectivity index (χ4n) is 3.01. The lowest BCUT2D eigenvalue weighted by molar-refractivity contribution is 0.304. The summed E-state index contributed by atoms with van der Waals surface area (Å²) in [7, 11) is 1.96. The van der Waals surface area contributed by atoms with Crippen LogP contribution >= 0.6 is 0 Å². The molecule has 0 radical (unpaired) electrons. The number of hydrogen-bond donors (Lipinski definition) is 0. The number of rotatable bonds is 2. The highest BCUT2D eigenvalue weighted by molar-refractivity contribution is 5.74. The molecule has 0 aliphatic carbocycles. The molecule has 3 aromatic heterocycles. The van der Waals surface area contributed by atoms with Crippen LogP contribution in [0.25, 0.3) is 11.2 Å². The first kappa shape index (κ1) is 13.9. The summed E-state index contributed by atoms with van der Waals surface area (Å²) in [4.78, 5) is 18.0. The first-order valence-electron chi connectivity index (χ1n) is 7.58. The number of imidazole rings is 1. The number of anilines is 2. The van der Waals surface area contributed by atoms with Gasteiger partial charge in [-0.05, 0) is 19.0 Å². The third-order valence-corrected chi connectivity index (χ3v) is 4.22. The molecular formula is C14H18N8O. The van der Waals surface area contributed by atoms with E-state index in [0.29, 0.717) is 0 Å². The second-order valence-electron chi connectivity index (χ2n) is 5.78. The summed E-state index contributed by atoms with van der Waals surface area (Å²) in [6.45, 7) is 7.21. The highest BCUT2D eigenvalue weighted by Crippen LogP contribution is 2.21. The molecule has 4 rings (SSSR count). The molecule has 0 N–H and O–H groups in total. The van der Waals surface area contributed by atoms with Crippen molar-refractivity contribution >= 4 is 22.9 Å². The second-order valence-corrected chi connectivity index (χ2v) is 5.78. The van der Waals surface area contributed by atoms with Crippen molar-refractivity contribution in [1.29, 1.82) is 0 Å². The first-order chi connectivity index (χ1) is 11.1. The Kier molecular flexibility index (Phi) is 3.14. The molecule has 0 spiro atoms. The second kappa shape index (κ2) is 5.18. The molecule has 0 aromatic carbocycles. The minimum absolute atomic E-state index is 0.739.